The largest absolute Gasteiger partial charge is 0.469 e. The van der Waals surface area contributed by atoms with E-state index in [1.165, 1.54) is 25.9 Å². The van der Waals surface area contributed by atoms with Gasteiger partial charge in [0.25, 0.3) is 11.1 Å². The maximum Gasteiger partial charge on any atom is 0.339 e. The summed E-state index contributed by atoms with van der Waals surface area (Å²) < 4.78 is 16.9. The van der Waals surface area contributed by atoms with Crippen LogP contribution < -0.4 is 11.1 Å². The van der Waals surface area contributed by atoms with Gasteiger partial charge in [-0.05, 0) is 98.6 Å². The van der Waals surface area contributed by atoms with E-state index >= 15 is 0 Å². The number of fused-ring (bicyclic) bond motifs is 8. The normalized spacial score (nSPS) is 12.9. The Labute approximate surface area is 340 Å². The van der Waals surface area contributed by atoms with Crippen LogP contribution in [-0.4, -0.2) is 63.7 Å². The zero-order chi connectivity index (χ0) is 42.4. The molecular weight excluding hydrogens is 751 g/mol. The first-order chi connectivity index (χ1) is 28.3. The van der Waals surface area contributed by atoms with Crippen LogP contribution in [0.15, 0.2) is 33.9 Å². The fourth-order valence-corrected chi connectivity index (χ4v) is 8.60. The summed E-state index contributed by atoms with van der Waals surface area (Å²) in [7, 11) is 3.85. The molecule has 0 fully saturated rings. The van der Waals surface area contributed by atoms with Crippen LogP contribution in [0.4, 0.5) is 0 Å². The first kappa shape index (κ1) is 40.8. The van der Waals surface area contributed by atoms with E-state index in [-0.39, 0.29) is 35.9 Å². The molecule has 8 bridgehead atoms. The molecule has 2 aliphatic heterocycles. The number of methoxy groups -OCH3 is 3. The van der Waals surface area contributed by atoms with E-state index in [0.717, 1.165) is 41.5 Å². The highest BCUT2D eigenvalue weighted by Gasteiger charge is 2.29. The molecule has 4 aromatic heterocycles. The average Bonchev–Trinajstić information content (AvgIpc) is 3.88. The number of aryl methyl sites for hydroxylation is 2. The second kappa shape index (κ2) is 16.1. The maximum absolute atomic E-state index is 14.8. The van der Waals surface area contributed by atoms with Crippen molar-refractivity contribution >= 4 is 83.8 Å². The number of carbonyl (C=O) groups is 3. The molecule has 0 atom stereocenters. The van der Waals surface area contributed by atoms with Crippen molar-refractivity contribution in [1.29, 1.82) is 0 Å². The highest BCUT2D eigenvalue weighted by molar-refractivity contribution is 6.19. The smallest absolute Gasteiger partial charge is 0.339 e. The number of hydrogen-bond donors (Lipinski definition) is 2. The van der Waals surface area contributed by atoms with E-state index in [2.05, 4.69) is 16.9 Å². The minimum Gasteiger partial charge on any atom is -0.469 e. The van der Waals surface area contributed by atoms with Gasteiger partial charge in [0.2, 0.25) is 0 Å². The molecule has 13 heteroatoms. The van der Waals surface area contributed by atoms with Gasteiger partial charge in [-0.25, -0.2) is 19.6 Å². The van der Waals surface area contributed by atoms with Gasteiger partial charge in [0.05, 0.1) is 77.0 Å². The van der Waals surface area contributed by atoms with Crippen molar-refractivity contribution in [3.63, 3.8) is 0 Å². The standard InChI is InChI=1S/C46H49N5O8/c1-10-12-13-14-19-51-43(53)35-25(6)32-21-33-26(11-2)24(5)39(50-33)37-36(46(56)59-9)29(45(55)58-8)16-15-27-22(3)30(47-40(27)37)20-31-23(4)28(17-18-34(52)57-7)41(48-31)38(44(51)54)42(35)49-32/h15-16,20-21,47,49H,10-14,17-19H2,1-9H3. The number of unbranched alkanes of at least 4 members (excludes halogenated alkanes) is 3. The van der Waals surface area contributed by atoms with Crippen LogP contribution in [0.2, 0.25) is 0 Å². The number of nitrogens with zero attached hydrogens (tertiary/aromatic N) is 3. The number of carbonyl (C=O) groups excluding carboxylic acids is 3. The van der Waals surface area contributed by atoms with Crippen molar-refractivity contribution in [2.45, 2.75) is 93.0 Å². The second-order valence-electron chi connectivity index (χ2n) is 15.2. The average molecular weight is 800 g/mol. The summed E-state index contributed by atoms with van der Waals surface area (Å²) >= 11 is 0. The Morgan fingerprint density at radius 2 is 1.36 bits per heavy atom. The number of esters is 3. The summed E-state index contributed by atoms with van der Waals surface area (Å²) in [5.74, 6) is -1.88. The van der Waals surface area contributed by atoms with Crippen LogP contribution in [0.25, 0.3) is 65.9 Å². The van der Waals surface area contributed by atoms with E-state index in [9.17, 15) is 24.0 Å². The lowest BCUT2D eigenvalue weighted by Crippen LogP contribution is -2.33. The summed E-state index contributed by atoms with van der Waals surface area (Å²) in [5.41, 5.74) is 7.75. The number of nitrogens with one attached hydrogen (secondary N) is 2. The van der Waals surface area contributed by atoms with Gasteiger partial charge >= 0.3 is 17.9 Å². The first-order valence-electron chi connectivity index (χ1n) is 20.1. The first-order valence-corrected chi connectivity index (χ1v) is 20.1. The lowest BCUT2D eigenvalue weighted by molar-refractivity contribution is -0.140. The predicted molar refractivity (Wildman–Crippen MR) is 231 cm³/mol. The van der Waals surface area contributed by atoms with Crippen LogP contribution in [0.1, 0.15) is 127 Å². The zero-order valence-electron chi connectivity index (χ0n) is 35.1. The summed E-state index contributed by atoms with van der Waals surface area (Å²) in [6.45, 7) is 12.0. The minimum atomic E-state index is -0.747. The van der Waals surface area contributed by atoms with Crippen molar-refractivity contribution in [3.05, 3.63) is 90.0 Å². The number of pyridine rings is 1. The molecule has 0 unspecified atom stereocenters. The number of hydrogen-bond acceptors (Lipinski definition) is 10. The highest BCUT2D eigenvalue weighted by atomic mass is 16.5. The van der Waals surface area contributed by atoms with E-state index in [1.54, 1.807) is 12.1 Å². The van der Waals surface area contributed by atoms with Crippen LogP contribution in [-0.2, 0) is 25.5 Å². The van der Waals surface area contributed by atoms with Crippen LogP contribution in [0.3, 0.4) is 0 Å². The molecule has 0 aliphatic carbocycles. The van der Waals surface area contributed by atoms with E-state index < -0.39 is 29.0 Å². The van der Waals surface area contributed by atoms with Crippen molar-refractivity contribution in [3.8, 4) is 0 Å². The number of ether oxygens (including phenoxy) is 3. The third-order valence-corrected chi connectivity index (χ3v) is 11.9. The Balaban J connectivity index is 1.77. The summed E-state index contributed by atoms with van der Waals surface area (Å²) in [5, 5.41) is 1.70. The third-order valence-electron chi connectivity index (χ3n) is 11.9. The number of allylic oxidation sites excluding steroid dienone is 4. The van der Waals surface area contributed by atoms with Gasteiger partial charge < -0.3 is 24.2 Å². The lowest BCUT2D eigenvalue weighted by Gasteiger charge is -2.09. The Morgan fingerprint density at radius 3 is 2.03 bits per heavy atom. The van der Waals surface area contributed by atoms with Crippen LogP contribution in [0.5, 0.6) is 0 Å². The van der Waals surface area contributed by atoms with E-state index in [1.807, 2.05) is 46.8 Å². The second-order valence-corrected chi connectivity index (χ2v) is 15.2. The van der Waals surface area contributed by atoms with Crippen molar-refractivity contribution in [1.82, 2.24) is 24.5 Å². The molecule has 2 N–H and O–H groups in total. The van der Waals surface area contributed by atoms with Gasteiger partial charge in [-0.2, -0.15) is 0 Å². The molecule has 7 rings (SSSR count). The minimum absolute atomic E-state index is 0.0103. The van der Waals surface area contributed by atoms with Gasteiger partial charge in [0.1, 0.15) is 0 Å². The van der Waals surface area contributed by atoms with Gasteiger partial charge in [0.15, 0.2) is 0 Å². The molecule has 0 saturated heterocycles. The molecular formula is C46H49N5O8. The molecule has 0 radical (unpaired) electrons. The zero-order valence-corrected chi connectivity index (χ0v) is 35.1. The molecule has 306 valence electrons. The third kappa shape index (κ3) is 6.71. The van der Waals surface area contributed by atoms with E-state index in [4.69, 9.17) is 24.2 Å². The quantitative estimate of drug-likeness (QED) is 0.0748. The summed E-state index contributed by atoms with van der Waals surface area (Å²) in [6.07, 6.45) is 4.34. The molecule has 0 spiro atoms. The van der Waals surface area contributed by atoms with Gasteiger partial charge in [-0.3, -0.25) is 19.0 Å². The Morgan fingerprint density at radius 1 is 0.695 bits per heavy atom. The highest BCUT2D eigenvalue weighted by Crippen LogP contribution is 2.41. The van der Waals surface area contributed by atoms with E-state index in [0.29, 0.717) is 85.0 Å². The fraction of sp³-hybridized carbons (Fsp3) is 0.370. The Kier molecular flexibility index (Phi) is 11.1. The maximum atomic E-state index is 14.8. The van der Waals surface area contributed by atoms with Crippen LogP contribution in [0, 0.1) is 13.8 Å². The van der Waals surface area contributed by atoms with Crippen molar-refractivity contribution in [2.75, 3.05) is 21.3 Å². The lowest BCUT2D eigenvalue weighted by atomic mass is 9.98. The van der Waals surface area contributed by atoms with Crippen molar-refractivity contribution in [2.24, 2.45) is 0 Å². The van der Waals surface area contributed by atoms with Crippen LogP contribution >= 0.6 is 0 Å². The molecule has 1 aromatic carbocycles. The monoisotopic (exact) mass is 799 g/mol. The Hall–Kier alpha value is -6.37. The van der Waals surface area contributed by atoms with Crippen molar-refractivity contribution < 1.29 is 28.6 Å². The molecule has 2 aliphatic rings. The molecule has 13 nitrogen and oxygen atoms in total. The number of H-pyrrole nitrogens is 2. The molecule has 0 saturated carbocycles. The van der Waals surface area contributed by atoms with Gasteiger partial charge in [-0.1, -0.05) is 39.2 Å². The summed E-state index contributed by atoms with van der Waals surface area (Å²) in [6, 6.07) is 7.07. The predicted octanol–water partition coefficient (Wildman–Crippen LogP) is 8.58. The van der Waals surface area contributed by atoms with Gasteiger partial charge in [0, 0.05) is 34.8 Å². The molecule has 59 heavy (non-hydrogen) atoms. The topological polar surface area (TPSA) is 175 Å². The van der Waals surface area contributed by atoms with Gasteiger partial charge in [-0.15, -0.1) is 0 Å². The number of aromatic amines is 2. The summed E-state index contributed by atoms with van der Waals surface area (Å²) in [4.78, 5) is 86.5. The number of aromatic nitrogens is 5. The SMILES string of the molecule is CCCCCCn1c(=O)c2c3nc(cc4[nH]c5c(ccc(C(=O)OC)c(C(=O)OC)c5c5nc(cc6[nH]c2c(c6C)c1=O)C(CC)=C5C)c4C)C(C)=C3CCC(=O)OC. The molecule has 5 aromatic rings. The number of rotatable bonds is 11. The molecule has 0 amide bonds. The molecule has 6 heterocycles. The fourth-order valence-electron chi connectivity index (χ4n) is 8.60. The Bertz CT molecular complexity index is 2960.